The first kappa shape index (κ1) is 17.2. The summed E-state index contributed by atoms with van der Waals surface area (Å²) in [5.41, 5.74) is -0.884. The van der Waals surface area contributed by atoms with E-state index < -0.39 is 48.7 Å². The minimum Gasteiger partial charge on any atom is -0.394 e. The second-order valence-electron chi connectivity index (χ2n) is 5.08. The molecule has 2 rings (SSSR count). The summed E-state index contributed by atoms with van der Waals surface area (Å²) in [7, 11) is 0. The van der Waals surface area contributed by atoms with E-state index in [2.05, 4.69) is 4.98 Å². The fraction of sp³-hybridized carbons (Fsp3) is 0.538. The molecule has 0 radical (unpaired) electrons. The molecule has 1 aliphatic heterocycles. The van der Waals surface area contributed by atoms with Gasteiger partial charge in [-0.1, -0.05) is 0 Å². The topological polar surface area (TPSA) is 142 Å². The van der Waals surface area contributed by atoms with Crippen molar-refractivity contribution in [3.63, 3.8) is 0 Å². The zero-order valence-electron chi connectivity index (χ0n) is 12.5. The molecule has 2 amide bonds. The first-order valence-corrected chi connectivity index (χ1v) is 6.80. The van der Waals surface area contributed by atoms with Gasteiger partial charge in [-0.3, -0.25) is 14.2 Å². The second kappa shape index (κ2) is 6.54. The van der Waals surface area contributed by atoms with Gasteiger partial charge in [-0.25, -0.2) is 9.69 Å². The fourth-order valence-electron chi connectivity index (χ4n) is 2.38. The maximum absolute atomic E-state index is 12.1. The van der Waals surface area contributed by atoms with Crippen molar-refractivity contribution in [2.45, 2.75) is 38.4 Å². The lowest BCUT2D eigenvalue weighted by molar-refractivity contribution is -0.124. The summed E-state index contributed by atoms with van der Waals surface area (Å²) in [6.45, 7) is 1.78. The number of hydrogen-bond acceptors (Lipinski definition) is 8. The maximum atomic E-state index is 12.1. The first-order chi connectivity index (χ1) is 10.8. The van der Waals surface area contributed by atoms with E-state index in [4.69, 9.17) is 9.84 Å². The van der Waals surface area contributed by atoms with E-state index in [1.165, 1.54) is 12.3 Å². The number of rotatable bonds is 3. The molecule has 1 aliphatic rings. The van der Waals surface area contributed by atoms with Crippen molar-refractivity contribution in [2.24, 2.45) is 0 Å². The molecule has 10 heteroatoms. The summed E-state index contributed by atoms with van der Waals surface area (Å²) in [4.78, 5) is 39.3. The fourth-order valence-corrected chi connectivity index (χ4v) is 2.38. The van der Waals surface area contributed by atoms with Crippen LogP contribution in [-0.4, -0.2) is 61.6 Å². The molecule has 2 heterocycles. The predicted octanol–water partition coefficient (Wildman–Crippen LogP) is -2.25. The highest BCUT2D eigenvalue weighted by molar-refractivity contribution is 6.12. The Labute approximate surface area is 130 Å². The van der Waals surface area contributed by atoms with Gasteiger partial charge in [-0.15, -0.1) is 0 Å². The number of imide groups is 1. The molecule has 1 aromatic heterocycles. The average molecular weight is 327 g/mol. The summed E-state index contributed by atoms with van der Waals surface area (Å²) < 4.78 is 6.13. The summed E-state index contributed by atoms with van der Waals surface area (Å²) >= 11 is 0. The number of ether oxygens (including phenoxy) is 1. The van der Waals surface area contributed by atoms with Crippen LogP contribution in [0.15, 0.2) is 17.1 Å². The van der Waals surface area contributed by atoms with Gasteiger partial charge in [0.15, 0.2) is 6.23 Å². The average Bonchev–Trinajstić information content (AvgIpc) is 2.74. The number of aliphatic hydroxyl groups excluding tert-OH is 3. The molecular weight excluding hydrogens is 310 g/mol. The van der Waals surface area contributed by atoms with E-state index in [9.17, 15) is 24.6 Å². The number of nitrogens with zero attached hydrogens (tertiary/aromatic N) is 3. The minimum absolute atomic E-state index is 0.155. The van der Waals surface area contributed by atoms with Crippen LogP contribution >= 0.6 is 0 Å². The number of aromatic nitrogens is 2. The molecule has 23 heavy (non-hydrogen) atoms. The largest absolute Gasteiger partial charge is 0.394 e. The van der Waals surface area contributed by atoms with Gasteiger partial charge in [0.2, 0.25) is 11.8 Å². The molecule has 0 aromatic carbocycles. The Hall–Kier alpha value is -2.14. The lowest BCUT2D eigenvalue weighted by Gasteiger charge is -2.19. The number of aliphatic hydroxyl groups is 3. The van der Waals surface area contributed by atoms with Crippen LogP contribution in [0.3, 0.4) is 0 Å². The van der Waals surface area contributed by atoms with Crippen molar-refractivity contribution in [1.82, 2.24) is 9.55 Å². The molecular formula is C13H17N3O7. The van der Waals surface area contributed by atoms with Crippen LogP contribution in [-0.2, 0) is 14.3 Å². The van der Waals surface area contributed by atoms with E-state index in [0.29, 0.717) is 0 Å². The molecule has 126 valence electrons. The van der Waals surface area contributed by atoms with Gasteiger partial charge < -0.3 is 20.1 Å². The summed E-state index contributed by atoms with van der Waals surface area (Å²) in [5.74, 6) is -1.36. The molecule has 0 spiro atoms. The van der Waals surface area contributed by atoms with Crippen molar-refractivity contribution in [3.8, 4) is 0 Å². The molecule has 0 unspecified atom stereocenters. The Morgan fingerprint density at radius 3 is 2.35 bits per heavy atom. The van der Waals surface area contributed by atoms with Crippen LogP contribution in [0.25, 0.3) is 0 Å². The maximum Gasteiger partial charge on any atom is 0.351 e. The third-order valence-corrected chi connectivity index (χ3v) is 3.47. The number of anilines is 1. The number of hydrogen-bond donors (Lipinski definition) is 3. The molecule has 0 saturated carbocycles. The quantitative estimate of drug-likeness (QED) is 0.565. The van der Waals surface area contributed by atoms with Gasteiger partial charge in [0.25, 0.3) is 0 Å². The zero-order chi connectivity index (χ0) is 17.3. The standard InChI is InChI=1S/C13H17N3O7/c1-6(18)16(7(2)19)9-3-4-15(13(22)14-9)12-11(21)10(20)8(5-17)23-12/h3-4,8,10-12,17,20-21H,5H2,1-2H3/t8-,10-,11-,12-/m1/s1. The van der Waals surface area contributed by atoms with Crippen LogP contribution in [0.4, 0.5) is 5.82 Å². The first-order valence-electron chi connectivity index (χ1n) is 6.80. The van der Waals surface area contributed by atoms with E-state index >= 15 is 0 Å². The van der Waals surface area contributed by atoms with Crippen LogP contribution in [0.5, 0.6) is 0 Å². The van der Waals surface area contributed by atoms with Gasteiger partial charge in [0, 0.05) is 20.0 Å². The summed E-state index contributed by atoms with van der Waals surface area (Å²) in [6.07, 6.45) is -3.88. The zero-order valence-corrected chi connectivity index (χ0v) is 12.5. The smallest absolute Gasteiger partial charge is 0.351 e. The molecule has 1 fully saturated rings. The Balaban J connectivity index is 2.36. The minimum atomic E-state index is -1.44. The van der Waals surface area contributed by atoms with Gasteiger partial charge in [0.1, 0.15) is 24.1 Å². The van der Waals surface area contributed by atoms with Crippen molar-refractivity contribution >= 4 is 17.6 Å². The molecule has 3 N–H and O–H groups in total. The third kappa shape index (κ3) is 3.15. The Morgan fingerprint density at radius 2 is 1.91 bits per heavy atom. The van der Waals surface area contributed by atoms with E-state index in [1.807, 2.05) is 0 Å². The summed E-state index contributed by atoms with van der Waals surface area (Å²) in [5, 5.41) is 28.6. The number of carbonyl (C=O) groups is 2. The van der Waals surface area contributed by atoms with Gasteiger partial charge in [0.05, 0.1) is 6.61 Å². The van der Waals surface area contributed by atoms with Crippen molar-refractivity contribution in [3.05, 3.63) is 22.7 Å². The summed E-state index contributed by atoms with van der Waals surface area (Å²) in [6, 6.07) is 1.24. The number of carbonyl (C=O) groups excluding carboxylic acids is 2. The third-order valence-electron chi connectivity index (χ3n) is 3.47. The molecule has 0 bridgehead atoms. The normalized spacial score (nSPS) is 27.0. The van der Waals surface area contributed by atoms with E-state index in [1.54, 1.807) is 0 Å². The molecule has 4 atom stereocenters. The monoisotopic (exact) mass is 327 g/mol. The van der Waals surface area contributed by atoms with E-state index in [0.717, 1.165) is 23.3 Å². The van der Waals surface area contributed by atoms with Crippen LogP contribution in [0, 0.1) is 0 Å². The number of amides is 2. The van der Waals surface area contributed by atoms with Crippen LogP contribution < -0.4 is 10.6 Å². The second-order valence-corrected chi connectivity index (χ2v) is 5.08. The highest BCUT2D eigenvalue weighted by Crippen LogP contribution is 2.28. The van der Waals surface area contributed by atoms with Gasteiger partial charge >= 0.3 is 5.69 Å². The highest BCUT2D eigenvalue weighted by Gasteiger charge is 2.43. The Kier molecular flexibility index (Phi) is 4.90. The SMILES string of the molecule is CC(=O)N(C(C)=O)c1ccn([C@@H]2O[C@H](CO)[C@@H](O)[C@H]2O)c(=O)n1. The van der Waals surface area contributed by atoms with Crippen molar-refractivity contribution in [2.75, 3.05) is 11.5 Å². The highest BCUT2D eigenvalue weighted by atomic mass is 16.6. The molecule has 1 aromatic rings. The molecule has 0 aliphatic carbocycles. The van der Waals surface area contributed by atoms with Crippen LogP contribution in [0.1, 0.15) is 20.1 Å². The van der Waals surface area contributed by atoms with E-state index in [-0.39, 0.29) is 5.82 Å². The van der Waals surface area contributed by atoms with Crippen LogP contribution in [0.2, 0.25) is 0 Å². The Bertz CT molecular complexity index is 660. The van der Waals surface area contributed by atoms with Gasteiger partial charge in [-0.05, 0) is 6.07 Å². The van der Waals surface area contributed by atoms with Gasteiger partial charge in [-0.2, -0.15) is 4.98 Å². The van der Waals surface area contributed by atoms with Crippen molar-refractivity contribution < 1.29 is 29.6 Å². The predicted molar refractivity (Wildman–Crippen MR) is 75.3 cm³/mol. The lowest BCUT2D eigenvalue weighted by atomic mass is 10.1. The Morgan fingerprint density at radius 1 is 1.30 bits per heavy atom. The molecule has 10 nitrogen and oxygen atoms in total. The lowest BCUT2D eigenvalue weighted by Crippen LogP contribution is -2.38. The van der Waals surface area contributed by atoms with Crippen molar-refractivity contribution in [1.29, 1.82) is 0 Å². The molecule has 1 saturated heterocycles.